The van der Waals surface area contributed by atoms with Crippen molar-refractivity contribution in [1.82, 2.24) is 4.90 Å². The molecule has 0 aromatic carbocycles. The number of hydrogen-bond acceptors (Lipinski definition) is 3. The summed E-state index contributed by atoms with van der Waals surface area (Å²) in [6, 6.07) is 0.200. The van der Waals surface area contributed by atoms with Crippen LogP contribution in [0.2, 0.25) is 0 Å². The second-order valence-corrected chi connectivity index (χ2v) is 5.81. The van der Waals surface area contributed by atoms with Gasteiger partial charge in [0.2, 0.25) is 0 Å². The van der Waals surface area contributed by atoms with Crippen LogP contribution in [-0.2, 0) is 4.74 Å². The number of carbonyl (C=O) groups is 1. The molecule has 1 fully saturated rings. The van der Waals surface area contributed by atoms with Crippen molar-refractivity contribution in [2.75, 3.05) is 6.54 Å². The lowest BCUT2D eigenvalue weighted by atomic mass is 9.95. The molecule has 17 heavy (non-hydrogen) atoms. The topological polar surface area (TPSA) is 55.6 Å². The Labute approximate surface area is 104 Å². The minimum absolute atomic E-state index is 0.0582. The summed E-state index contributed by atoms with van der Waals surface area (Å²) < 4.78 is 5.43. The zero-order chi connectivity index (χ0) is 13.1. The predicted octanol–water partition coefficient (Wildman–Crippen LogP) is 2.51. The van der Waals surface area contributed by atoms with E-state index < -0.39 is 5.60 Å². The summed E-state index contributed by atoms with van der Waals surface area (Å²) in [5.74, 6) is 0. The van der Waals surface area contributed by atoms with E-state index in [0.29, 0.717) is 0 Å². The molecule has 2 atom stereocenters. The first kappa shape index (κ1) is 14.3. The predicted molar refractivity (Wildman–Crippen MR) is 68.8 cm³/mol. The summed E-state index contributed by atoms with van der Waals surface area (Å²) in [5.41, 5.74) is 5.66. The van der Waals surface area contributed by atoms with Crippen molar-refractivity contribution in [2.45, 2.75) is 71.1 Å². The molecule has 1 aliphatic heterocycles. The highest BCUT2D eigenvalue weighted by molar-refractivity contribution is 5.68. The maximum absolute atomic E-state index is 12.1. The van der Waals surface area contributed by atoms with Crippen LogP contribution in [0.1, 0.15) is 53.4 Å². The minimum Gasteiger partial charge on any atom is -0.444 e. The van der Waals surface area contributed by atoms with E-state index in [-0.39, 0.29) is 18.2 Å². The van der Waals surface area contributed by atoms with E-state index in [1.54, 1.807) is 0 Å². The molecule has 0 aromatic heterocycles. The highest BCUT2D eigenvalue weighted by Crippen LogP contribution is 2.22. The number of amides is 1. The Balaban J connectivity index is 2.67. The van der Waals surface area contributed by atoms with Gasteiger partial charge in [-0.05, 0) is 46.5 Å². The molecule has 1 amide bonds. The molecular formula is C13H26N2O2. The van der Waals surface area contributed by atoms with Crippen LogP contribution in [0.15, 0.2) is 0 Å². The fraction of sp³-hybridized carbons (Fsp3) is 0.923. The normalized spacial score (nSPS) is 23.4. The van der Waals surface area contributed by atoms with Crippen LogP contribution >= 0.6 is 0 Å². The number of likely N-dealkylation sites (tertiary alicyclic amines) is 1. The Morgan fingerprint density at radius 1 is 1.47 bits per heavy atom. The van der Waals surface area contributed by atoms with Gasteiger partial charge in [0.25, 0.3) is 0 Å². The van der Waals surface area contributed by atoms with Crippen molar-refractivity contribution in [3.63, 3.8) is 0 Å². The molecular weight excluding hydrogens is 216 g/mol. The molecule has 1 rings (SSSR count). The Kier molecular flexibility index (Phi) is 4.80. The number of piperidine rings is 1. The van der Waals surface area contributed by atoms with E-state index in [0.717, 1.165) is 32.2 Å². The van der Waals surface area contributed by atoms with Crippen molar-refractivity contribution in [3.8, 4) is 0 Å². The Hall–Kier alpha value is -0.770. The lowest BCUT2D eigenvalue weighted by Gasteiger charge is -2.39. The molecule has 4 heteroatoms. The van der Waals surface area contributed by atoms with Gasteiger partial charge in [0.15, 0.2) is 0 Å². The Morgan fingerprint density at radius 2 is 2.12 bits per heavy atom. The number of rotatable bonds is 2. The summed E-state index contributed by atoms with van der Waals surface area (Å²) in [6.07, 6.45) is 3.87. The van der Waals surface area contributed by atoms with Crippen molar-refractivity contribution in [2.24, 2.45) is 5.73 Å². The second kappa shape index (κ2) is 5.71. The van der Waals surface area contributed by atoms with Crippen LogP contribution in [0.4, 0.5) is 4.79 Å². The van der Waals surface area contributed by atoms with Crippen LogP contribution in [-0.4, -0.2) is 35.2 Å². The van der Waals surface area contributed by atoms with E-state index >= 15 is 0 Å². The fourth-order valence-electron chi connectivity index (χ4n) is 2.22. The molecule has 100 valence electrons. The first-order valence-corrected chi connectivity index (χ1v) is 6.60. The van der Waals surface area contributed by atoms with E-state index in [2.05, 4.69) is 6.92 Å². The Bertz CT molecular complexity index is 261. The van der Waals surface area contributed by atoms with Gasteiger partial charge >= 0.3 is 6.09 Å². The largest absolute Gasteiger partial charge is 0.444 e. The van der Waals surface area contributed by atoms with Gasteiger partial charge in [-0.2, -0.15) is 0 Å². The molecule has 0 aromatic rings. The van der Waals surface area contributed by atoms with Crippen molar-refractivity contribution in [3.05, 3.63) is 0 Å². The molecule has 0 radical (unpaired) electrons. The minimum atomic E-state index is -0.435. The maximum atomic E-state index is 12.1. The molecule has 0 aliphatic carbocycles. The summed E-state index contributed by atoms with van der Waals surface area (Å²) in [7, 11) is 0. The Morgan fingerprint density at radius 3 is 2.65 bits per heavy atom. The number of carbonyl (C=O) groups excluding carboxylic acids is 1. The highest BCUT2D eigenvalue weighted by atomic mass is 16.6. The first-order valence-electron chi connectivity index (χ1n) is 6.60. The first-order chi connectivity index (χ1) is 7.85. The zero-order valence-electron chi connectivity index (χ0n) is 11.5. The van der Waals surface area contributed by atoms with Crippen LogP contribution in [0.3, 0.4) is 0 Å². The monoisotopic (exact) mass is 242 g/mol. The number of nitrogens with zero attached hydrogens (tertiary/aromatic N) is 1. The van der Waals surface area contributed by atoms with Crippen molar-refractivity contribution in [1.29, 1.82) is 0 Å². The summed E-state index contributed by atoms with van der Waals surface area (Å²) in [5, 5.41) is 0. The van der Waals surface area contributed by atoms with Gasteiger partial charge in [-0.15, -0.1) is 0 Å². The SMILES string of the molecule is CC[C@H](N)[C@H]1CCCCN1C(=O)OC(C)(C)C. The molecule has 0 saturated carbocycles. The number of hydrogen-bond donors (Lipinski definition) is 1. The smallest absolute Gasteiger partial charge is 0.410 e. The lowest BCUT2D eigenvalue weighted by Crippen LogP contribution is -2.53. The molecule has 0 spiro atoms. The lowest BCUT2D eigenvalue weighted by molar-refractivity contribution is 0.00643. The third-order valence-electron chi connectivity index (χ3n) is 3.14. The van der Waals surface area contributed by atoms with Crippen LogP contribution in [0.25, 0.3) is 0 Å². The van der Waals surface area contributed by atoms with E-state index in [9.17, 15) is 4.79 Å². The molecule has 0 bridgehead atoms. The fourth-order valence-corrected chi connectivity index (χ4v) is 2.22. The second-order valence-electron chi connectivity index (χ2n) is 5.81. The van der Waals surface area contributed by atoms with Gasteiger partial charge in [0.05, 0.1) is 6.04 Å². The summed E-state index contributed by atoms with van der Waals surface area (Å²) in [6.45, 7) is 8.51. The van der Waals surface area contributed by atoms with Gasteiger partial charge in [0, 0.05) is 12.6 Å². The average Bonchev–Trinajstić information content (AvgIpc) is 2.25. The zero-order valence-corrected chi connectivity index (χ0v) is 11.5. The summed E-state index contributed by atoms with van der Waals surface area (Å²) >= 11 is 0. The van der Waals surface area contributed by atoms with E-state index in [1.165, 1.54) is 0 Å². The molecule has 2 N–H and O–H groups in total. The molecule has 4 nitrogen and oxygen atoms in total. The van der Waals surface area contributed by atoms with E-state index in [4.69, 9.17) is 10.5 Å². The van der Waals surface area contributed by atoms with Crippen molar-refractivity contribution < 1.29 is 9.53 Å². The van der Waals surface area contributed by atoms with Crippen molar-refractivity contribution >= 4 is 6.09 Å². The molecule has 1 saturated heterocycles. The molecule has 1 heterocycles. The van der Waals surface area contributed by atoms with Gasteiger partial charge in [0.1, 0.15) is 5.60 Å². The van der Waals surface area contributed by atoms with E-state index in [1.807, 2.05) is 25.7 Å². The van der Waals surface area contributed by atoms with Gasteiger partial charge < -0.3 is 15.4 Å². The van der Waals surface area contributed by atoms with Crippen LogP contribution < -0.4 is 5.73 Å². The third kappa shape index (κ3) is 4.19. The van der Waals surface area contributed by atoms with Gasteiger partial charge in [-0.25, -0.2) is 4.79 Å². The third-order valence-corrected chi connectivity index (χ3v) is 3.14. The standard InChI is InChI=1S/C13H26N2O2/c1-5-10(14)11-8-6-7-9-15(11)12(16)17-13(2,3)4/h10-11H,5-9,14H2,1-4H3/t10-,11+/m0/s1. The van der Waals surface area contributed by atoms with Crippen LogP contribution in [0, 0.1) is 0 Å². The maximum Gasteiger partial charge on any atom is 0.410 e. The molecule has 1 aliphatic rings. The van der Waals surface area contributed by atoms with Gasteiger partial charge in [-0.1, -0.05) is 6.92 Å². The van der Waals surface area contributed by atoms with Gasteiger partial charge in [-0.3, -0.25) is 0 Å². The highest BCUT2D eigenvalue weighted by Gasteiger charge is 2.33. The quantitative estimate of drug-likeness (QED) is 0.809. The number of nitrogens with two attached hydrogens (primary N) is 1. The van der Waals surface area contributed by atoms with Crippen LogP contribution in [0.5, 0.6) is 0 Å². The number of ether oxygens (including phenoxy) is 1. The summed E-state index contributed by atoms with van der Waals surface area (Å²) in [4.78, 5) is 13.9. The molecule has 0 unspecified atom stereocenters. The average molecular weight is 242 g/mol.